The molecule has 9 heteroatoms. The molecule has 1 aromatic carbocycles. The van der Waals surface area contributed by atoms with Crippen molar-refractivity contribution in [3.05, 3.63) is 59.0 Å². The molecule has 33 heavy (non-hydrogen) atoms. The number of nitrogens with zero attached hydrogens (tertiary/aromatic N) is 4. The van der Waals surface area contributed by atoms with Crippen molar-refractivity contribution >= 4 is 34.0 Å². The topological polar surface area (TPSA) is 100 Å². The number of nitrogens with two attached hydrogens (primary N) is 1. The molecular formula is C24H27ClN6O2. The first-order valence-electron chi connectivity index (χ1n) is 10.7. The highest BCUT2D eigenvalue weighted by molar-refractivity contribution is 6.35. The molecule has 0 radical (unpaired) electrons. The van der Waals surface area contributed by atoms with Crippen molar-refractivity contribution in [3.8, 4) is 17.0 Å². The van der Waals surface area contributed by atoms with Crippen molar-refractivity contribution in [2.45, 2.75) is 26.4 Å². The van der Waals surface area contributed by atoms with E-state index in [1.165, 1.54) is 0 Å². The first-order valence-corrected chi connectivity index (χ1v) is 11.1. The first kappa shape index (κ1) is 22.8. The van der Waals surface area contributed by atoms with E-state index in [0.29, 0.717) is 42.1 Å². The summed E-state index contributed by atoms with van der Waals surface area (Å²) in [4.78, 5) is 9.22. The summed E-state index contributed by atoms with van der Waals surface area (Å²) in [5.74, 6) is 1.74. The third kappa shape index (κ3) is 4.86. The van der Waals surface area contributed by atoms with Crippen LogP contribution in [0.15, 0.2) is 42.9 Å². The van der Waals surface area contributed by atoms with E-state index in [0.717, 1.165) is 39.6 Å². The largest absolute Gasteiger partial charge is 0.495 e. The molecule has 0 aliphatic carbocycles. The first-order chi connectivity index (χ1) is 16.0. The minimum atomic E-state index is 0.432. The van der Waals surface area contributed by atoms with Gasteiger partial charge in [0.1, 0.15) is 17.4 Å². The van der Waals surface area contributed by atoms with E-state index >= 15 is 0 Å². The van der Waals surface area contributed by atoms with Crippen molar-refractivity contribution < 1.29 is 9.47 Å². The second kappa shape index (κ2) is 10.1. The molecule has 0 spiro atoms. The van der Waals surface area contributed by atoms with Crippen molar-refractivity contribution in [2.24, 2.45) is 0 Å². The van der Waals surface area contributed by atoms with Crippen LogP contribution in [-0.4, -0.2) is 40.6 Å². The molecule has 4 rings (SSSR count). The monoisotopic (exact) mass is 466 g/mol. The number of methoxy groups -OCH3 is 2. The molecule has 0 aliphatic heterocycles. The number of nitrogens with one attached hydrogen (secondary N) is 1. The van der Waals surface area contributed by atoms with E-state index in [9.17, 15) is 0 Å². The van der Waals surface area contributed by atoms with Crippen molar-refractivity contribution in [2.75, 3.05) is 31.9 Å². The van der Waals surface area contributed by atoms with Gasteiger partial charge < -0.3 is 20.5 Å². The summed E-state index contributed by atoms with van der Waals surface area (Å²) in [6, 6.07) is 7.71. The summed E-state index contributed by atoms with van der Waals surface area (Å²) in [7, 11) is 3.28. The van der Waals surface area contributed by atoms with Gasteiger partial charge in [0.2, 0.25) is 0 Å². The molecule has 172 valence electrons. The number of aromatic nitrogens is 4. The maximum absolute atomic E-state index is 6.73. The number of benzene rings is 1. The predicted octanol–water partition coefficient (Wildman–Crippen LogP) is 4.56. The van der Waals surface area contributed by atoms with Crippen LogP contribution in [-0.2, 0) is 24.2 Å². The molecule has 0 bridgehead atoms. The summed E-state index contributed by atoms with van der Waals surface area (Å²) in [5.41, 5.74) is 9.69. The number of nitrogen functional groups attached to an aromatic ring is 1. The minimum Gasteiger partial charge on any atom is -0.495 e. The number of anilines is 2. The average molecular weight is 467 g/mol. The van der Waals surface area contributed by atoms with Crippen LogP contribution in [0.1, 0.15) is 18.1 Å². The van der Waals surface area contributed by atoms with Crippen LogP contribution in [0.5, 0.6) is 5.75 Å². The molecule has 3 aromatic heterocycles. The van der Waals surface area contributed by atoms with E-state index in [4.69, 9.17) is 31.8 Å². The highest BCUT2D eigenvalue weighted by atomic mass is 35.5. The number of aryl methyl sites for hydroxylation is 1. The van der Waals surface area contributed by atoms with Crippen molar-refractivity contribution in [1.82, 2.24) is 19.7 Å². The Bertz CT molecular complexity index is 1270. The molecular weight excluding hydrogens is 440 g/mol. The van der Waals surface area contributed by atoms with Crippen LogP contribution < -0.4 is 15.8 Å². The molecule has 0 atom stereocenters. The Morgan fingerprint density at radius 1 is 1.18 bits per heavy atom. The van der Waals surface area contributed by atoms with Crippen molar-refractivity contribution in [1.29, 1.82) is 0 Å². The maximum Gasteiger partial charge on any atom is 0.138 e. The molecule has 4 aromatic rings. The molecule has 0 saturated carbocycles. The fourth-order valence-corrected chi connectivity index (χ4v) is 4.10. The Morgan fingerprint density at radius 3 is 2.79 bits per heavy atom. The van der Waals surface area contributed by atoms with Gasteiger partial charge in [-0.2, -0.15) is 5.10 Å². The standard InChI is InChI=1S/C24H27ClN6O2/c1-4-16-5-6-20(33-3)23(25)22(16)19-9-17-13-27-21(26)10-18(17)24(30-19)28-11-15-12-29-31(14-15)7-8-32-2/h5-6,9-10,12-14H,4,7-8,11H2,1-3H3,(H2,26,27)(H,28,30). The second-order valence-electron chi connectivity index (χ2n) is 7.61. The number of hydrogen-bond donors (Lipinski definition) is 2. The minimum absolute atomic E-state index is 0.432. The van der Waals surface area contributed by atoms with Gasteiger partial charge in [0.25, 0.3) is 0 Å². The van der Waals surface area contributed by atoms with E-state index in [1.54, 1.807) is 20.4 Å². The Labute approximate surface area is 197 Å². The quantitative estimate of drug-likeness (QED) is 0.373. The Kier molecular flexibility index (Phi) is 6.96. The van der Waals surface area contributed by atoms with Crippen LogP contribution in [0.4, 0.5) is 11.6 Å². The Hall–Kier alpha value is -3.36. The van der Waals surface area contributed by atoms with Crippen LogP contribution in [0.25, 0.3) is 22.0 Å². The highest BCUT2D eigenvalue weighted by Gasteiger charge is 2.17. The summed E-state index contributed by atoms with van der Waals surface area (Å²) < 4.78 is 12.4. The molecule has 0 unspecified atom stereocenters. The summed E-state index contributed by atoms with van der Waals surface area (Å²) in [5, 5.41) is 10.2. The number of pyridine rings is 2. The number of ether oxygens (including phenoxy) is 2. The van der Waals surface area contributed by atoms with Gasteiger partial charge in [0.05, 0.1) is 37.2 Å². The Morgan fingerprint density at radius 2 is 2.03 bits per heavy atom. The van der Waals surface area contributed by atoms with Crippen LogP contribution in [0.2, 0.25) is 5.02 Å². The molecule has 0 fully saturated rings. The highest BCUT2D eigenvalue weighted by Crippen LogP contribution is 2.39. The normalized spacial score (nSPS) is 11.2. The lowest BCUT2D eigenvalue weighted by atomic mass is 10.00. The molecule has 3 N–H and O–H groups in total. The summed E-state index contributed by atoms with van der Waals surface area (Å²) in [6.07, 6.45) is 6.38. The van der Waals surface area contributed by atoms with Crippen LogP contribution >= 0.6 is 11.6 Å². The van der Waals surface area contributed by atoms with Crippen LogP contribution in [0.3, 0.4) is 0 Å². The molecule has 3 heterocycles. The fraction of sp³-hybridized carbons (Fsp3) is 0.292. The number of halogens is 1. The lowest BCUT2D eigenvalue weighted by Gasteiger charge is -2.16. The molecule has 0 saturated heterocycles. The maximum atomic E-state index is 6.73. The number of rotatable bonds is 9. The zero-order valence-corrected chi connectivity index (χ0v) is 19.7. The summed E-state index contributed by atoms with van der Waals surface area (Å²) in [6.45, 7) is 3.94. The third-order valence-corrected chi connectivity index (χ3v) is 5.83. The average Bonchev–Trinajstić information content (AvgIpc) is 3.28. The van der Waals surface area contributed by atoms with E-state index in [1.807, 2.05) is 41.3 Å². The van der Waals surface area contributed by atoms with Gasteiger partial charge in [0.15, 0.2) is 0 Å². The number of fused-ring (bicyclic) bond motifs is 1. The van der Waals surface area contributed by atoms with E-state index in [2.05, 4.69) is 22.3 Å². The third-order valence-electron chi connectivity index (χ3n) is 5.46. The van der Waals surface area contributed by atoms with Gasteiger partial charge in [-0.3, -0.25) is 4.68 Å². The van der Waals surface area contributed by atoms with Gasteiger partial charge in [-0.1, -0.05) is 24.6 Å². The zero-order valence-electron chi connectivity index (χ0n) is 18.9. The smallest absolute Gasteiger partial charge is 0.138 e. The zero-order chi connectivity index (χ0) is 23.4. The molecule has 8 nitrogen and oxygen atoms in total. The van der Waals surface area contributed by atoms with Crippen LogP contribution in [0, 0.1) is 0 Å². The lowest BCUT2D eigenvalue weighted by molar-refractivity contribution is 0.183. The number of hydrogen-bond acceptors (Lipinski definition) is 7. The second-order valence-corrected chi connectivity index (χ2v) is 7.99. The lowest BCUT2D eigenvalue weighted by Crippen LogP contribution is -2.05. The Balaban J connectivity index is 1.75. The van der Waals surface area contributed by atoms with Gasteiger partial charge >= 0.3 is 0 Å². The molecule has 0 amide bonds. The van der Waals surface area contributed by atoms with Gasteiger partial charge in [-0.25, -0.2) is 9.97 Å². The van der Waals surface area contributed by atoms with E-state index in [-0.39, 0.29) is 0 Å². The summed E-state index contributed by atoms with van der Waals surface area (Å²) >= 11 is 6.73. The SMILES string of the molecule is CCc1ccc(OC)c(Cl)c1-c1cc2cnc(N)cc2c(NCc2cnn(CCOC)c2)n1. The van der Waals surface area contributed by atoms with E-state index < -0.39 is 0 Å². The predicted molar refractivity (Wildman–Crippen MR) is 132 cm³/mol. The van der Waals surface area contributed by atoms with Gasteiger partial charge in [-0.15, -0.1) is 0 Å². The van der Waals surface area contributed by atoms with Gasteiger partial charge in [0, 0.05) is 47.9 Å². The van der Waals surface area contributed by atoms with Gasteiger partial charge in [-0.05, 0) is 30.2 Å². The van der Waals surface area contributed by atoms with Crippen molar-refractivity contribution in [3.63, 3.8) is 0 Å². The fourth-order valence-electron chi connectivity index (χ4n) is 3.74. The molecule has 0 aliphatic rings.